The van der Waals surface area contributed by atoms with Crippen LogP contribution in [0.3, 0.4) is 0 Å². The van der Waals surface area contributed by atoms with Crippen LogP contribution in [0.1, 0.15) is 33.6 Å². The van der Waals surface area contributed by atoms with Gasteiger partial charge in [-0.05, 0) is 52.4 Å². The van der Waals surface area contributed by atoms with Crippen LogP contribution >= 0.6 is 0 Å². The highest BCUT2D eigenvalue weighted by atomic mass is 32.2. The van der Waals surface area contributed by atoms with Gasteiger partial charge in [0.15, 0.2) is 0 Å². The quantitative estimate of drug-likeness (QED) is 0.649. The first kappa shape index (κ1) is 18.8. The number of hydrogen-bond donors (Lipinski definition) is 2. The number of nitrogens with one attached hydrogen (secondary N) is 2. The lowest BCUT2D eigenvalue weighted by Crippen LogP contribution is -2.50. The van der Waals surface area contributed by atoms with E-state index in [0.29, 0.717) is 19.0 Å². The molecule has 0 bridgehead atoms. The fourth-order valence-electron chi connectivity index (χ4n) is 2.88. The third-order valence-electron chi connectivity index (χ3n) is 4.18. The Balaban J connectivity index is 2.46. The summed E-state index contributed by atoms with van der Waals surface area (Å²) in [6.07, 6.45) is 1.87. The summed E-state index contributed by atoms with van der Waals surface area (Å²) in [5.74, 6) is 0.592. The SMILES string of the molecule is CCN(CC)CC(C)NS(=O)(=O)N1CCC(CNC)CC1. The molecule has 1 fully saturated rings. The van der Waals surface area contributed by atoms with Crippen molar-refractivity contribution in [1.82, 2.24) is 19.2 Å². The van der Waals surface area contributed by atoms with Gasteiger partial charge in [-0.2, -0.15) is 17.4 Å². The van der Waals surface area contributed by atoms with Gasteiger partial charge in [-0.25, -0.2) is 0 Å². The molecule has 0 aliphatic carbocycles. The number of piperidine rings is 1. The van der Waals surface area contributed by atoms with Crippen molar-refractivity contribution in [2.24, 2.45) is 5.92 Å². The van der Waals surface area contributed by atoms with Gasteiger partial charge in [0, 0.05) is 25.7 Å². The molecule has 0 aromatic rings. The molecule has 2 N–H and O–H groups in total. The summed E-state index contributed by atoms with van der Waals surface area (Å²) in [6.45, 7) is 11.0. The molecule has 1 aliphatic rings. The van der Waals surface area contributed by atoms with Crippen LogP contribution in [0.25, 0.3) is 0 Å². The Hall–Kier alpha value is -0.210. The molecule has 1 rings (SSSR count). The molecule has 21 heavy (non-hydrogen) atoms. The Morgan fingerprint density at radius 3 is 2.29 bits per heavy atom. The molecule has 0 amide bonds. The minimum absolute atomic E-state index is 0.0649. The molecule has 6 nitrogen and oxygen atoms in total. The fraction of sp³-hybridized carbons (Fsp3) is 1.00. The highest BCUT2D eigenvalue weighted by Gasteiger charge is 2.28. The number of rotatable bonds is 9. The van der Waals surface area contributed by atoms with Gasteiger partial charge in [-0.1, -0.05) is 13.8 Å². The van der Waals surface area contributed by atoms with Crippen LogP contribution in [0, 0.1) is 5.92 Å². The zero-order valence-electron chi connectivity index (χ0n) is 13.9. The van der Waals surface area contributed by atoms with Gasteiger partial charge in [0.25, 0.3) is 10.2 Å². The van der Waals surface area contributed by atoms with Crippen LogP contribution in [-0.4, -0.2) is 70.0 Å². The van der Waals surface area contributed by atoms with E-state index in [1.54, 1.807) is 4.31 Å². The highest BCUT2D eigenvalue weighted by Crippen LogP contribution is 2.18. The minimum Gasteiger partial charge on any atom is -0.319 e. The number of nitrogens with zero attached hydrogens (tertiary/aromatic N) is 2. The van der Waals surface area contributed by atoms with E-state index in [2.05, 4.69) is 28.8 Å². The standard InChI is InChI=1S/C14H32N4O2S/c1-5-17(6-2)12-13(3)16-21(19,20)18-9-7-14(8-10-18)11-15-4/h13-16H,5-12H2,1-4H3. The van der Waals surface area contributed by atoms with Crippen molar-refractivity contribution in [2.45, 2.75) is 39.7 Å². The van der Waals surface area contributed by atoms with Gasteiger partial charge < -0.3 is 10.2 Å². The molecule has 1 saturated heterocycles. The molecule has 1 atom stereocenters. The Morgan fingerprint density at radius 2 is 1.81 bits per heavy atom. The Labute approximate surface area is 130 Å². The number of hydrogen-bond acceptors (Lipinski definition) is 4. The summed E-state index contributed by atoms with van der Waals surface area (Å²) in [4.78, 5) is 2.23. The molecular weight excluding hydrogens is 288 g/mol. The maximum Gasteiger partial charge on any atom is 0.279 e. The maximum absolute atomic E-state index is 12.4. The first-order chi connectivity index (χ1) is 9.92. The molecule has 0 saturated carbocycles. The third-order valence-corrected chi connectivity index (χ3v) is 5.93. The van der Waals surface area contributed by atoms with Crippen molar-refractivity contribution in [3.63, 3.8) is 0 Å². The Kier molecular flexibility index (Phi) is 8.12. The van der Waals surface area contributed by atoms with Crippen molar-refractivity contribution in [3.05, 3.63) is 0 Å². The lowest BCUT2D eigenvalue weighted by atomic mass is 9.98. The normalized spacial score (nSPS) is 20.0. The van der Waals surface area contributed by atoms with Crippen molar-refractivity contribution >= 4 is 10.2 Å². The first-order valence-corrected chi connectivity index (χ1v) is 9.51. The smallest absolute Gasteiger partial charge is 0.279 e. The summed E-state index contributed by atoms with van der Waals surface area (Å²) in [6, 6.07) is -0.0649. The van der Waals surface area contributed by atoms with Crippen LogP contribution in [0.2, 0.25) is 0 Å². The molecule has 0 radical (unpaired) electrons. The van der Waals surface area contributed by atoms with E-state index < -0.39 is 10.2 Å². The molecule has 0 aromatic carbocycles. The lowest BCUT2D eigenvalue weighted by molar-refractivity contribution is 0.259. The van der Waals surface area contributed by atoms with Crippen LogP contribution in [0.5, 0.6) is 0 Å². The molecule has 1 unspecified atom stereocenters. The van der Waals surface area contributed by atoms with Gasteiger partial charge in [0.05, 0.1) is 0 Å². The first-order valence-electron chi connectivity index (χ1n) is 8.07. The predicted molar refractivity (Wildman–Crippen MR) is 87.5 cm³/mol. The second-order valence-electron chi connectivity index (χ2n) is 5.91. The Bertz CT molecular complexity index is 376. The average molecular weight is 321 g/mol. The van der Waals surface area contributed by atoms with Gasteiger partial charge in [0.1, 0.15) is 0 Å². The zero-order chi connectivity index (χ0) is 15.9. The van der Waals surface area contributed by atoms with Crippen LogP contribution in [0.4, 0.5) is 0 Å². The molecular formula is C14H32N4O2S. The van der Waals surface area contributed by atoms with Crippen molar-refractivity contribution in [3.8, 4) is 0 Å². The van der Waals surface area contributed by atoms with E-state index in [-0.39, 0.29) is 6.04 Å². The van der Waals surface area contributed by atoms with Crippen LogP contribution in [-0.2, 0) is 10.2 Å². The van der Waals surface area contributed by atoms with Crippen LogP contribution in [0.15, 0.2) is 0 Å². The van der Waals surface area contributed by atoms with E-state index in [4.69, 9.17) is 0 Å². The van der Waals surface area contributed by atoms with Gasteiger partial charge in [0.2, 0.25) is 0 Å². The van der Waals surface area contributed by atoms with Crippen molar-refractivity contribution < 1.29 is 8.42 Å². The summed E-state index contributed by atoms with van der Waals surface area (Å²) in [5, 5.41) is 3.17. The van der Waals surface area contributed by atoms with E-state index >= 15 is 0 Å². The average Bonchev–Trinajstić information content (AvgIpc) is 2.45. The molecule has 7 heteroatoms. The fourth-order valence-corrected chi connectivity index (χ4v) is 4.30. The van der Waals surface area contributed by atoms with Crippen LogP contribution < -0.4 is 10.0 Å². The molecule has 1 aliphatic heterocycles. The third kappa shape index (κ3) is 6.20. The molecule has 1 heterocycles. The number of likely N-dealkylation sites (N-methyl/N-ethyl adjacent to an activating group) is 1. The summed E-state index contributed by atoms with van der Waals surface area (Å²) < 4.78 is 29.2. The van der Waals surface area contributed by atoms with E-state index in [1.807, 2.05) is 14.0 Å². The van der Waals surface area contributed by atoms with Crippen molar-refractivity contribution in [2.75, 3.05) is 46.3 Å². The second-order valence-corrected chi connectivity index (χ2v) is 7.61. The topological polar surface area (TPSA) is 64.7 Å². The predicted octanol–water partition coefficient (Wildman–Crippen LogP) is 0.483. The van der Waals surface area contributed by atoms with Gasteiger partial charge in [-0.15, -0.1) is 0 Å². The van der Waals surface area contributed by atoms with E-state index in [9.17, 15) is 8.42 Å². The van der Waals surface area contributed by atoms with Crippen molar-refractivity contribution in [1.29, 1.82) is 0 Å². The summed E-state index contributed by atoms with van der Waals surface area (Å²) >= 11 is 0. The molecule has 126 valence electrons. The summed E-state index contributed by atoms with van der Waals surface area (Å²) in [5.41, 5.74) is 0. The maximum atomic E-state index is 12.4. The monoisotopic (exact) mass is 320 g/mol. The van der Waals surface area contributed by atoms with E-state index in [1.165, 1.54) is 0 Å². The van der Waals surface area contributed by atoms with Gasteiger partial charge >= 0.3 is 0 Å². The van der Waals surface area contributed by atoms with Gasteiger partial charge in [-0.3, -0.25) is 0 Å². The molecule has 0 aromatic heterocycles. The highest BCUT2D eigenvalue weighted by molar-refractivity contribution is 7.87. The zero-order valence-corrected chi connectivity index (χ0v) is 14.7. The Morgan fingerprint density at radius 1 is 1.24 bits per heavy atom. The summed E-state index contributed by atoms with van der Waals surface area (Å²) in [7, 11) is -1.40. The minimum atomic E-state index is -3.35. The largest absolute Gasteiger partial charge is 0.319 e. The molecule has 0 spiro atoms. The second kappa shape index (κ2) is 9.05. The lowest BCUT2D eigenvalue weighted by Gasteiger charge is -2.32. The van der Waals surface area contributed by atoms with E-state index in [0.717, 1.165) is 39.0 Å².